The van der Waals surface area contributed by atoms with Gasteiger partial charge in [0.15, 0.2) is 0 Å². The minimum atomic E-state index is 0.207. The number of rotatable bonds is 5. The summed E-state index contributed by atoms with van der Waals surface area (Å²) in [5, 5.41) is 4.40. The van der Waals surface area contributed by atoms with Gasteiger partial charge in [-0.25, -0.2) is 0 Å². The fourth-order valence-electron chi connectivity index (χ4n) is 3.67. The Kier molecular flexibility index (Phi) is 4.71. The second-order valence-corrected chi connectivity index (χ2v) is 7.07. The zero-order valence-electron chi connectivity index (χ0n) is 13.1. The lowest BCUT2D eigenvalue weighted by Gasteiger charge is -2.39. The molecule has 1 saturated heterocycles. The number of hydrogen-bond acceptors (Lipinski definition) is 5. The van der Waals surface area contributed by atoms with Crippen LogP contribution >= 0.6 is 11.3 Å². The highest BCUT2D eigenvalue weighted by molar-refractivity contribution is 7.07. The maximum absolute atomic E-state index is 6.16. The van der Waals surface area contributed by atoms with Crippen molar-refractivity contribution in [3.05, 3.63) is 52.5 Å². The van der Waals surface area contributed by atoms with Crippen molar-refractivity contribution in [2.75, 3.05) is 13.2 Å². The average Bonchev–Trinajstić information content (AvgIpc) is 3.24. The van der Waals surface area contributed by atoms with E-state index in [9.17, 15) is 0 Å². The highest BCUT2D eigenvalue weighted by atomic mass is 32.1. The van der Waals surface area contributed by atoms with Crippen LogP contribution in [0.5, 0.6) is 0 Å². The molecule has 2 aromatic rings. The molecule has 122 valence electrons. The van der Waals surface area contributed by atoms with Gasteiger partial charge in [0.05, 0.1) is 25.4 Å². The van der Waals surface area contributed by atoms with Crippen LogP contribution in [0.25, 0.3) is 0 Å². The zero-order valence-corrected chi connectivity index (χ0v) is 14.0. The van der Waals surface area contributed by atoms with Crippen molar-refractivity contribution >= 4 is 11.3 Å². The van der Waals surface area contributed by atoms with Crippen LogP contribution in [0.15, 0.2) is 41.4 Å². The summed E-state index contributed by atoms with van der Waals surface area (Å²) in [6.07, 6.45) is 6.30. The third kappa shape index (κ3) is 3.48. The molecule has 23 heavy (non-hydrogen) atoms. The molecule has 0 unspecified atom stereocenters. The molecule has 3 atom stereocenters. The van der Waals surface area contributed by atoms with E-state index in [2.05, 4.69) is 26.7 Å². The Morgan fingerprint density at radius 3 is 2.96 bits per heavy atom. The molecule has 4 rings (SSSR count). The fraction of sp³-hybridized carbons (Fsp3) is 0.500. The molecule has 0 bridgehead atoms. The van der Waals surface area contributed by atoms with Gasteiger partial charge in [0.25, 0.3) is 0 Å². The van der Waals surface area contributed by atoms with E-state index >= 15 is 0 Å². The lowest BCUT2D eigenvalue weighted by Crippen LogP contribution is -2.51. The number of nitrogens with zero attached hydrogens (tertiary/aromatic N) is 2. The summed E-state index contributed by atoms with van der Waals surface area (Å²) in [6, 6.07) is 6.74. The highest BCUT2D eigenvalue weighted by Gasteiger charge is 2.43. The second-order valence-electron chi connectivity index (χ2n) is 6.29. The lowest BCUT2D eigenvalue weighted by molar-refractivity contribution is -0.118. The Balaban J connectivity index is 1.37. The van der Waals surface area contributed by atoms with E-state index < -0.39 is 0 Å². The molecule has 3 heterocycles. The van der Waals surface area contributed by atoms with Crippen LogP contribution < -0.4 is 0 Å². The first-order valence-electron chi connectivity index (χ1n) is 8.27. The van der Waals surface area contributed by atoms with Gasteiger partial charge in [-0.2, -0.15) is 11.3 Å². The van der Waals surface area contributed by atoms with E-state index in [4.69, 9.17) is 9.47 Å². The van der Waals surface area contributed by atoms with Crippen molar-refractivity contribution in [2.45, 2.75) is 44.2 Å². The summed E-state index contributed by atoms with van der Waals surface area (Å²) >= 11 is 1.77. The molecule has 1 aliphatic heterocycles. The van der Waals surface area contributed by atoms with Crippen molar-refractivity contribution in [1.82, 2.24) is 9.88 Å². The molecule has 0 spiro atoms. The van der Waals surface area contributed by atoms with Gasteiger partial charge in [0.2, 0.25) is 0 Å². The van der Waals surface area contributed by atoms with Crippen LogP contribution in [0.4, 0.5) is 0 Å². The van der Waals surface area contributed by atoms with Gasteiger partial charge < -0.3 is 9.47 Å². The predicted octanol–water partition coefficient (Wildman–Crippen LogP) is 3.09. The molecule has 0 aromatic carbocycles. The fourth-order valence-corrected chi connectivity index (χ4v) is 4.33. The number of thiophene rings is 1. The lowest BCUT2D eigenvalue weighted by atomic mass is 10.1. The van der Waals surface area contributed by atoms with Crippen LogP contribution in [-0.4, -0.2) is 41.3 Å². The molecule has 2 aliphatic rings. The Bertz CT molecular complexity index is 605. The standard InChI is InChI=1S/C18H22N2O2S/c1-2-17(22-12-14-3-6-19-7-4-14)18-16(1)20(8-9-21-18)11-15-5-10-23-13-15/h3-7,10,13,16-18H,1-2,8-9,11-12H2/t16-,17-,18+/m1/s1. The highest BCUT2D eigenvalue weighted by Crippen LogP contribution is 2.33. The van der Waals surface area contributed by atoms with Crippen LogP contribution in [-0.2, 0) is 22.6 Å². The van der Waals surface area contributed by atoms with E-state index in [0.717, 1.165) is 32.5 Å². The monoisotopic (exact) mass is 330 g/mol. The van der Waals surface area contributed by atoms with Gasteiger partial charge in [-0.3, -0.25) is 9.88 Å². The third-order valence-corrected chi connectivity index (χ3v) is 5.56. The Morgan fingerprint density at radius 1 is 1.22 bits per heavy atom. The molecule has 2 fully saturated rings. The largest absolute Gasteiger partial charge is 0.373 e. The number of pyridine rings is 1. The van der Waals surface area contributed by atoms with Crippen LogP contribution in [0.2, 0.25) is 0 Å². The first kappa shape index (κ1) is 15.3. The maximum Gasteiger partial charge on any atom is 0.0992 e. The van der Waals surface area contributed by atoms with Gasteiger partial charge in [-0.15, -0.1) is 0 Å². The van der Waals surface area contributed by atoms with E-state index in [-0.39, 0.29) is 12.2 Å². The van der Waals surface area contributed by atoms with Gasteiger partial charge in [-0.05, 0) is 52.9 Å². The summed E-state index contributed by atoms with van der Waals surface area (Å²) in [7, 11) is 0. The Morgan fingerprint density at radius 2 is 2.13 bits per heavy atom. The van der Waals surface area contributed by atoms with Crippen molar-refractivity contribution in [2.24, 2.45) is 0 Å². The molecule has 0 radical (unpaired) electrons. The van der Waals surface area contributed by atoms with Gasteiger partial charge in [-0.1, -0.05) is 0 Å². The molecule has 1 saturated carbocycles. The molecule has 5 heteroatoms. The van der Waals surface area contributed by atoms with E-state index in [0.29, 0.717) is 12.6 Å². The Hall–Kier alpha value is -1.27. The summed E-state index contributed by atoms with van der Waals surface area (Å²) in [6.45, 7) is 3.50. The summed E-state index contributed by atoms with van der Waals surface area (Å²) in [5.41, 5.74) is 2.59. The van der Waals surface area contributed by atoms with Crippen molar-refractivity contribution < 1.29 is 9.47 Å². The van der Waals surface area contributed by atoms with Crippen LogP contribution in [0.1, 0.15) is 24.0 Å². The van der Waals surface area contributed by atoms with Gasteiger partial charge in [0.1, 0.15) is 0 Å². The van der Waals surface area contributed by atoms with Crippen LogP contribution in [0.3, 0.4) is 0 Å². The second kappa shape index (κ2) is 7.09. The molecular weight excluding hydrogens is 308 g/mol. The minimum absolute atomic E-state index is 0.207. The molecular formula is C18H22N2O2S. The molecule has 4 nitrogen and oxygen atoms in total. The normalized spacial score (nSPS) is 27.9. The van der Waals surface area contributed by atoms with Crippen molar-refractivity contribution in [3.63, 3.8) is 0 Å². The molecule has 0 amide bonds. The Labute approximate surface area is 141 Å². The number of aromatic nitrogens is 1. The molecule has 1 aliphatic carbocycles. The van der Waals surface area contributed by atoms with E-state index in [1.54, 1.807) is 11.3 Å². The number of hydrogen-bond donors (Lipinski definition) is 0. The number of morpholine rings is 1. The topological polar surface area (TPSA) is 34.6 Å². The van der Waals surface area contributed by atoms with E-state index in [1.807, 2.05) is 24.5 Å². The quantitative estimate of drug-likeness (QED) is 0.844. The number of ether oxygens (including phenoxy) is 2. The van der Waals surface area contributed by atoms with E-state index in [1.165, 1.54) is 11.1 Å². The maximum atomic E-state index is 6.16. The average molecular weight is 330 g/mol. The summed E-state index contributed by atoms with van der Waals surface area (Å²) < 4.78 is 12.2. The minimum Gasteiger partial charge on any atom is -0.373 e. The molecule has 2 aromatic heterocycles. The van der Waals surface area contributed by atoms with Crippen LogP contribution in [0, 0.1) is 0 Å². The van der Waals surface area contributed by atoms with Crippen molar-refractivity contribution in [1.29, 1.82) is 0 Å². The first-order chi connectivity index (χ1) is 11.4. The summed E-state index contributed by atoms with van der Waals surface area (Å²) in [4.78, 5) is 6.63. The predicted molar refractivity (Wildman–Crippen MR) is 90.3 cm³/mol. The zero-order chi connectivity index (χ0) is 15.5. The number of fused-ring (bicyclic) bond motifs is 1. The van der Waals surface area contributed by atoms with Gasteiger partial charge in [0, 0.05) is 31.5 Å². The first-order valence-corrected chi connectivity index (χ1v) is 9.21. The third-order valence-electron chi connectivity index (χ3n) is 4.83. The SMILES string of the molecule is c1cc(CO[C@@H]2CC[C@@H]3[C@@H]2OCCN3Cc2ccsc2)ccn1. The summed E-state index contributed by atoms with van der Waals surface area (Å²) in [5.74, 6) is 0. The molecule has 0 N–H and O–H groups in total. The smallest absolute Gasteiger partial charge is 0.0992 e. The van der Waals surface area contributed by atoms with Gasteiger partial charge >= 0.3 is 0 Å². The van der Waals surface area contributed by atoms with Crippen molar-refractivity contribution in [3.8, 4) is 0 Å².